The minimum absolute atomic E-state index is 0.170. The van der Waals surface area contributed by atoms with Gasteiger partial charge in [0.15, 0.2) is 0 Å². The lowest BCUT2D eigenvalue weighted by atomic mass is 10.1. The molecule has 0 fully saturated rings. The molecule has 1 N–H and O–H groups in total. The second kappa shape index (κ2) is 6.46. The third-order valence-corrected chi connectivity index (χ3v) is 4.31. The average Bonchev–Trinajstić information content (AvgIpc) is 3.30. The van der Waals surface area contributed by atoms with Gasteiger partial charge in [-0.05, 0) is 38.3 Å². The Bertz CT molecular complexity index is 886. The molecule has 8 nitrogen and oxygen atoms in total. The molecule has 1 atom stereocenters. The van der Waals surface area contributed by atoms with Gasteiger partial charge in [0.2, 0.25) is 11.7 Å². The largest absolute Gasteiger partial charge is 0.340 e. The van der Waals surface area contributed by atoms with Crippen LogP contribution in [0.4, 0.5) is 0 Å². The molecule has 0 radical (unpaired) electrons. The van der Waals surface area contributed by atoms with Gasteiger partial charge in [-0.2, -0.15) is 10.1 Å². The quantitative estimate of drug-likeness (QED) is 0.782. The van der Waals surface area contributed by atoms with Crippen molar-refractivity contribution in [3.05, 3.63) is 47.9 Å². The van der Waals surface area contributed by atoms with Gasteiger partial charge in [-0.1, -0.05) is 5.16 Å². The first-order valence-corrected chi connectivity index (χ1v) is 8.32. The minimum Gasteiger partial charge on any atom is -0.340 e. The molecule has 8 heteroatoms. The van der Waals surface area contributed by atoms with Gasteiger partial charge < -0.3 is 9.84 Å². The van der Waals surface area contributed by atoms with Crippen LogP contribution in [0.25, 0.3) is 11.4 Å². The highest BCUT2D eigenvalue weighted by Gasteiger charge is 2.23. The molecule has 3 aromatic heterocycles. The summed E-state index contributed by atoms with van der Waals surface area (Å²) in [4.78, 5) is 21.0. The summed E-state index contributed by atoms with van der Waals surface area (Å²) in [5, 5.41) is 11.2. The van der Waals surface area contributed by atoms with Crippen molar-refractivity contribution in [2.75, 3.05) is 0 Å². The molecule has 1 amide bonds. The van der Waals surface area contributed by atoms with Crippen LogP contribution in [0.1, 0.15) is 47.7 Å². The zero-order chi connectivity index (χ0) is 17.2. The van der Waals surface area contributed by atoms with Crippen LogP contribution >= 0.6 is 0 Å². The molecule has 1 aliphatic rings. The van der Waals surface area contributed by atoms with E-state index in [-0.39, 0.29) is 5.91 Å². The summed E-state index contributed by atoms with van der Waals surface area (Å²) in [6.07, 6.45) is 8.04. The molecule has 128 valence electrons. The predicted octanol–water partition coefficient (Wildman–Crippen LogP) is 2.16. The first-order chi connectivity index (χ1) is 12.2. The summed E-state index contributed by atoms with van der Waals surface area (Å²) in [6.45, 7) is 2.69. The third kappa shape index (κ3) is 3.02. The number of nitrogens with one attached hydrogen (secondary N) is 1. The van der Waals surface area contributed by atoms with E-state index in [0.717, 1.165) is 37.1 Å². The van der Waals surface area contributed by atoms with Crippen LogP contribution in [0.5, 0.6) is 0 Å². The Morgan fingerprint density at radius 2 is 2.28 bits per heavy atom. The van der Waals surface area contributed by atoms with E-state index in [9.17, 15) is 4.79 Å². The number of pyridine rings is 1. The van der Waals surface area contributed by atoms with Crippen LogP contribution in [0.15, 0.2) is 35.2 Å². The highest BCUT2D eigenvalue weighted by atomic mass is 16.5. The molecule has 3 aromatic rings. The maximum atomic E-state index is 12.6. The summed E-state index contributed by atoms with van der Waals surface area (Å²) in [5.41, 5.74) is 2.39. The van der Waals surface area contributed by atoms with Gasteiger partial charge in [-0.25, -0.2) is 0 Å². The van der Waals surface area contributed by atoms with Crippen LogP contribution in [-0.4, -0.2) is 30.8 Å². The maximum absolute atomic E-state index is 12.6. The number of aromatic nitrogens is 5. The molecule has 0 spiro atoms. The lowest BCUT2D eigenvalue weighted by molar-refractivity contribution is 0.0931. The highest BCUT2D eigenvalue weighted by Crippen LogP contribution is 2.20. The van der Waals surface area contributed by atoms with E-state index in [1.165, 1.54) is 0 Å². The van der Waals surface area contributed by atoms with E-state index in [0.29, 0.717) is 17.3 Å². The van der Waals surface area contributed by atoms with E-state index in [1.54, 1.807) is 24.7 Å². The Labute approximate surface area is 144 Å². The van der Waals surface area contributed by atoms with Crippen molar-refractivity contribution in [2.45, 2.75) is 38.8 Å². The number of carbonyl (C=O) groups excluding carboxylic acids is 1. The molecule has 0 bridgehead atoms. The Morgan fingerprint density at radius 3 is 3.12 bits per heavy atom. The van der Waals surface area contributed by atoms with E-state index in [4.69, 9.17) is 4.52 Å². The number of amides is 1. The Balaban J connectivity index is 1.49. The van der Waals surface area contributed by atoms with Gasteiger partial charge in [-0.15, -0.1) is 0 Å². The minimum atomic E-state index is -0.399. The van der Waals surface area contributed by atoms with Crippen LogP contribution < -0.4 is 5.32 Å². The lowest BCUT2D eigenvalue weighted by Crippen LogP contribution is -2.28. The van der Waals surface area contributed by atoms with E-state index in [1.807, 2.05) is 17.7 Å². The van der Waals surface area contributed by atoms with E-state index >= 15 is 0 Å². The van der Waals surface area contributed by atoms with Crippen LogP contribution in [-0.2, 0) is 13.0 Å². The number of aryl methyl sites for hydroxylation is 1. The highest BCUT2D eigenvalue weighted by molar-refractivity contribution is 5.95. The average molecular weight is 338 g/mol. The summed E-state index contributed by atoms with van der Waals surface area (Å²) in [5.74, 6) is 0.636. The maximum Gasteiger partial charge on any atom is 0.255 e. The summed E-state index contributed by atoms with van der Waals surface area (Å²) in [6, 6.07) is 3.26. The summed E-state index contributed by atoms with van der Waals surface area (Å²) < 4.78 is 7.20. The standard InChI is InChI=1S/C17H18N6O2/c1-11(17-21-15(22-25-17)12-5-4-7-18-9-12)20-16(24)13-10-19-23-8-3-2-6-14(13)23/h4-5,7,9-11H,2-3,6,8H2,1H3,(H,20,24)/t11-/m1/s1. The SMILES string of the molecule is C[C@@H](NC(=O)c1cnn2c1CCCC2)c1nc(-c2cccnc2)no1. The fourth-order valence-corrected chi connectivity index (χ4v) is 2.97. The number of nitrogens with zero attached hydrogens (tertiary/aromatic N) is 5. The molecular weight excluding hydrogens is 320 g/mol. The van der Waals surface area contributed by atoms with Gasteiger partial charge in [0.25, 0.3) is 5.91 Å². The van der Waals surface area contributed by atoms with Crippen LogP contribution in [0.3, 0.4) is 0 Å². The zero-order valence-electron chi connectivity index (χ0n) is 13.8. The van der Waals surface area contributed by atoms with Gasteiger partial charge in [-0.3, -0.25) is 14.5 Å². The van der Waals surface area contributed by atoms with Crippen molar-refractivity contribution >= 4 is 5.91 Å². The van der Waals surface area contributed by atoms with Crippen molar-refractivity contribution in [3.8, 4) is 11.4 Å². The van der Waals surface area contributed by atoms with Gasteiger partial charge in [0.05, 0.1) is 17.5 Å². The summed E-state index contributed by atoms with van der Waals surface area (Å²) >= 11 is 0. The molecular formula is C17H18N6O2. The Kier molecular flexibility index (Phi) is 4.01. The Hall–Kier alpha value is -3.03. The lowest BCUT2D eigenvalue weighted by Gasteiger charge is -2.15. The zero-order valence-corrected chi connectivity index (χ0v) is 13.8. The molecule has 1 aliphatic heterocycles. The summed E-state index contributed by atoms with van der Waals surface area (Å²) in [7, 11) is 0. The van der Waals surface area contributed by atoms with E-state index < -0.39 is 6.04 Å². The number of hydrogen-bond acceptors (Lipinski definition) is 6. The molecule has 0 saturated carbocycles. The van der Waals surface area contributed by atoms with Crippen molar-refractivity contribution < 1.29 is 9.32 Å². The molecule has 4 rings (SSSR count). The second-order valence-electron chi connectivity index (χ2n) is 6.08. The van der Waals surface area contributed by atoms with Crippen molar-refractivity contribution in [2.24, 2.45) is 0 Å². The van der Waals surface area contributed by atoms with E-state index in [2.05, 4.69) is 25.5 Å². The monoisotopic (exact) mass is 338 g/mol. The van der Waals surface area contributed by atoms with Crippen LogP contribution in [0.2, 0.25) is 0 Å². The first-order valence-electron chi connectivity index (χ1n) is 8.32. The fourth-order valence-electron chi connectivity index (χ4n) is 2.97. The number of carbonyl (C=O) groups is 1. The predicted molar refractivity (Wildman–Crippen MR) is 88.6 cm³/mol. The fraction of sp³-hybridized carbons (Fsp3) is 0.353. The topological polar surface area (TPSA) is 98.7 Å². The van der Waals surface area contributed by atoms with Gasteiger partial charge in [0.1, 0.15) is 6.04 Å². The number of hydrogen-bond donors (Lipinski definition) is 1. The second-order valence-corrected chi connectivity index (χ2v) is 6.08. The molecule has 0 unspecified atom stereocenters. The molecule has 4 heterocycles. The normalized spacial score (nSPS) is 14.8. The smallest absolute Gasteiger partial charge is 0.255 e. The number of rotatable bonds is 4. The van der Waals surface area contributed by atoms with Crippen molar-refractivity contribution in [1.82, 2.24) is 30.2 Å². The molecule has 0 aliphatic carbocycles. The van der Waals surface area contributed by atoms with Crippen molar-refractivity contribution in [3.63, 3.8) is 0 Å². The molecule has 25 heavy (non-hydrogen) atoms. The van der Waals surface area contributed by atoms with Gasteiger partial charge >= 0.3 is 0 Å². The molecule has 0 saturated heterocycles. The number of fused-ring (bicyclic) bond motifs is 1. The van der Waals surface area contributed by atoms with Gasteiger partial charge in [0, 0.05) is 24.5 Å². The molecule has 0 aromatic carbocycles. The van der Waals surface area contributed by atoms with Crippen LogP contribution in [0, 0.1) is 0 Å². The first kappa shape index (κ1) is 15.5. The Morgan fingerprint density at radius 1 is 1.36 bits per heavy atom. The third-order valence-electron chi connectivity index (χ3n) is 4.31. The van der Waals surface area contributed by atoms with Crippen molar-refractivity contribution in [1.29, 1.82) is 0 Å².